The molecule has 0 N–H and O–H groups in total. The van der Waals surface area contributed by atoms with Crippen LogP contribution in [0.1, 0.15) is 32.1 Å². The molecular formula is C23H30N2O5. The Morgan fingerprint density at radius 1 is 1.00 bits per heavy atom. The minimum Gasteiger partial charge on any atom is -0.497 e. The van der Waals surface area contributed by atoms with Gasteiger partial charge in [0.2, 0.25) is 0 Å². The van der Waals surface area contributed by atoms with Gasteiger partial charge in [-0.2, -0.15) is 0 Å². The van der Waals surface area contributed by atoms with Crippen molar-refractivity contribution < 1.29 is 23.9 Å². The molecule has 4 rings (SSSR count). The van der Waals surface area contributed by atoms with E-state index in [2.05, 4.69) is 4.90 Å². The van der Waals surface area contributed by atoms with E-state index >= 15 is 0 Å². The molecule has 2 saturated carbocycles. The molecule has 3 aliphatic rings. The molecule has 1 amide bonds. The minimum atomic E-state index is -0.315. The topological polar surface area (TPSA) is 76.2 Å². The van der Waals surface area contributed by atoms with Crippen molar-refractivity contribution in [1.82, 2.24) is 4.90 Å². The average Bonchev–Trinajstić information content (AvgIpc) is 2.77. The van der Waals surface area contributed by atoms with E-state index in [9.17, 15) is 14.4 Å². The number of nitrogens with zero attached hydrogens (tertiary/aromatic N) is 2. The first-order chi connectivity index (χ1) is 14.5. The summed E-state index contributed by atoms with van der Waals surface area (Å²) in [6, 6.07) is 7.89. The number of carbonyl (C=O) groups excluding carboxylic acids is 3. The van der Waals surface area contributed by atoms with Crippen LogP contribution >= 0.6 is 0 Å². The van der Waals surface area contributed by atoms with Crippen LogP contribution in [-0.4, -0.2) is 62.5 Å². The quantitative estimate of drug-likeness (QED) is 0.688. The maximum Gasteiger partial charge on any atom is 0.309 e. The van der Waals surface area contributed by atoms with Gasteiger partial charge in [0, 0.05) is 43.7 Å². The summed E-state index contributed by atoms with van der Waals surface area (Å²) in [5.41, 5.74) is 1.10. The second-order valence-electron chi connectivity index (χ2n) is 8.57. The number of carbonyl (C=O) groups is 3. The summed E-state index contributed by atoms with van der Waals surface area (Å²) in [4.78, 5) is 41.2. The third-order valence-electron chi connectivity index (χ3n) is 6.79. The molecule has 2 aliphatic carbocycles. The Balaban J connectivity index is 1.22. The molecule has 0 aromatic heterocycles. The highest BCUT2D eigenvalue weighted by molar-refractivity contribution is 5.88. The van der Waals surface area contributed by atoms with E-state index in [0.29, 0.717) is 31.7 Å². The average molecular weight is 415 g/mol. The highest BCUT2D eigenvalue weighted by Gasteiger charge is 2.42. The van der Waals surface area contributed by atoms with E-state index in [1.807, 2.05) is 24.3 Å². The Bertz CT molecular complexity index is 769. The Morgan fingerprint density at radius 2 is 1.63 bits per heavy atom. The van der Waals surface area contributed by atoms with Gasteiger partial charge in [0.15, 0.2) is 6.61 Å². The molecule has 1 saturated heterocycles. The maximum atomic E-state index is 12.5. The van der Waals surface area contributed by atoms with Crippen molar-refractivity contribution in [3.05, 3.63) is 24.3 Å². The van der Waals surface area contributed by atoms with Crippen molar-refractivity contribution in [2.75, 3.05) is 44.8 Å². The van der Waals surface area contributed by atoms with Gasteiger partial charge in [0.25, 0.3) is 5.91 Å². The zero-order chi connectivity index (χ0) is 21.1. The monoisotopic (exact) mass is 414 g/mol. The van der Waals surface area contributed by atoms with Crippen molar-refractivity contribution >= 4 is 23.3 Å². The lowest BCUT2D eigenvalue weighted by Gasteiger charge is -2.37. The molecule has 2 bridgehead atoms. The zero-order valence-corrected chi connectivity index (χ0v) is 17.5. The second kappa shape index (κ2) is 9.06. The summed E-state index contributed by atoms with van der Waals surface area (Å²) in [5, 5.41) is 0. The van der Waals surface area contributed by atoms with Crippen LogP contribution in [0.25, 0.3) is 0 Å². The molecule has 1 heterocycles. The Hall–Kier alpha value is -2.57. The molecule has 1 aromatic carbocycles. The molecule has 0 unspecified atom stereocenters. The number of ketones is 1. The summed E-state index contributed by atoms with van der Waals surface area (Å²) in [7, 11) is 1.64. The first-order valence-electron chi connectivity index (χ1n) is 10.9. The molecule has 30 heavy (non-hydrogen) atoms. The van der Waals surface area contributed by atoms with Gasteiger partial charge in [-0.3, -0.25) is 14.4 Å². The molecule has 3 fully saturated rings. The van der Waals surface area contributed by atoms with Crippen LogP contribution in [0.2, 0.25) is 0 Å². The van der Waals surface area contributed by atoms with Crippen molar-refractivity contribution in [2.24, 2.45) is 17.8 Å². The largest absolute Gasteiger partial charge is 0.497 e. The number of esters is 1. The summed E-state index contributed by atoms with van der Waals surface area (Å²) < 4.78 is 10.6. The summed E-state index contributed by atoms with van der Waals surface area (Å²) in [6.45, 7) is 2.47. The fourth-order valence-corrected chi connectivity index (χ4v) is 5.02. The molecule has 7 heteroatoms. The Kier molecular flexibility index (Phi) is 6.25. The predicted octanol–water partition coefficient (Wildman–Crippen LogP) is 2.28. The van der Waals surface area contributed by atoms with Crippen LogP contribution in [0.3, 0.4) is 0 Å². The maximum absolute atomic E-state index is 12.5. The molecule has 1 aromatic rings. The first kappa shape index (κ1) is 20.7. The third-order valence-corrected chi connectivity index (χ3v) is 6.79. The van der Waals surface area contributed by atoms with Gasteiger partial charge in [-0.25, -0.2) is 0 Å². The van der Waals surface area contributed by atoms with Gasteiger partial charge >= 0.3 is 5.97 Å². The number of anilines is 1. The Labute approximate surface area is 177 Å². The molecule has 0 spiro atoms. The van der Waals surface area contributed by atoms with Crippen LogP contribution < -0.4 is 9.64 Å². The van der Waals surface area contributed by atoms with Crippen molar-refractivity contribution in [1.29, 1.82) is 0 Å². The van der Waals surface area contributed by atoms with Crippen molar-refractivity contribution in [2.45, 2.75) is 32.1 Å². The van der Waals surface area contributed by atoms with Crippen LogP contribution in [0.15, 0.2) is 24.3 Å². The standard InChI is InChI=1S/C23H30N2O5/c1-29-20-7-5-19(6-8-20)24-9-11-25(12-10-24)21(26)15-30-23(28)18-13-16-3-2-4-17(14-18)22(16)27/h5-8,16-18H,2-4,9-15H2,1H3/t16-,17-/m1/s1. The third kappa shape index (κ3) is 4.45. The molecular weight excluding hydrogens is 384 g/mol. The second-order valence-corrected chi connectivity index (χ2v) is 8.57. The fourth-order valence-electron chi connectivity index (χ4n) is 5.02. The number of rotatable bonds is 5. The smallest absolute Gasteiger partial charge is 0.309 e. The predicted molar refractivity (Wildman–Crippen MR) is 111 cm³/mol. The van der Waals surface area contributed by atoms with E-state index in [1.54, 1.807) is 12.0 Å². The van der Waals surface area contributed by atoms with E-state index in [-0.39, 0.29) is 36.2 Å². The number of amides is 1. The normalized spacial score (nSPS) is 26.3. The van der Waals surface area contributed by atoms with Crippen molar-refractivity contribution in [3.63, 3.8) is 0 Å². The van der Waals surface area contributed by atoms with E-state index < -0.39 is 0 Å². The van der Waals surface area contributed by atoms with E-state index in [4.69, 9.17) is 9.47 Å². The van der Waals surface area contributed by atoms with Gasteiger partial charge in [0.05, 0.1) is 13.0 Å². The first-order valence-corrected chi connectivity index (χ1v) is 10.9. The SMILES string of the molecule is COc1ccc(N2CCN(C(=O)COC(=O)C3C[C@H]4CCC[C@H](C3)C4=O)CC2)cc1. The summed E-state index contributed by atoms with van der Waals surface area (Å²) in [6.07, 6.45) is 4.02. The minimum absolute atomic E-state index is 0.0109. The number of ether oxygens (including phenoxy) is 2. The Morgan fingerprint density at radius 3 is 2.23 bits per heavy atom. The van der Waals surface area contributed by atoms with E-state index in [0.717, 1.165) is 43.8 Å². The van der Waals surface area contributed by atoms with E-state index in [1.165, 1.54) is 0 Å². The number of methoxy groups -OCH3 is 1. The number of Topliss-reactive ketones (excluding diaryl/α,β-unsaturated/α-hetero) is 1. The molecule has 2 atom stereocenters. The van der Waals surface area contributed by atoms with Gasteiger partial charge in [0.1, 0.15) is 11.5 Å². The van der Waals surface area contributed by atoms with Gasteiger partial charge in [-0.15, -0.1) is 0 Å². The molecule has 0 radical (unpaired) electrons. The fraction of sp³-hybridized carbons (Fsp3) is 0.609. The number of benzene rings is 1. The van der Waals surface area contributed by atoms with Crippen LogP contribution in [0.5, 0.6) is 5.75 Å². The highest BCUT2D eigenvalue weighted by atomic mass is 16.5. The highest BCUT2D eigenvalue weighted by Crippen LogP contribution is 2.40. The van der Waals surface area contributed by atoms with Crippen LogP contribution in [-0.2, 0) is 19.1 Å². The number of hydrogen-bond acceptors (Lipinski definition) is 6. The van der Waals surface area contributed by atoms with Crippen LogP contribution in [0.4, 0.5) is 5.69 Å². The summed E-state index contributed by atoms with van der Waals surface area (Å²) >= 11 is 0. The summed E-state index contributed by atoms with van der Waals surface area (Å²) in [5.74, 6) is 0.470. The lowest BCUT2D eigenvalue weighted by atomic mass is 9.67. The van der Waals surface area contributed by atoms with Gasteiger partial charge < -0.3 is 19.3 Å². The lowest BCUT2D eigenvalue weighted by Crippen LogP contribution is -2.50. The number of hydrogen-bond donors (Lipinski definition) is 0. The van der Waals surface area contributed by atoms with Gasteiger partial charge in [-0.1, -0.05) is 6.42 Å². The lowest BCUT2D eigenvalue weighted by molar-refractivity contribution is -0.159. The molecule has 7 nitrogen and oxygen atoms in total. The molecule has 162 valence electrons. The van der Waals surface area contributed by atoms with Crippen molar-refractivity contribution in [3.8, 4) is 5.75 Å². The zero-order valence-electron chi connectivity index (χ0n) is 17.5. The molecule has 1 aliphatic heterocycles. The van der Waals surface area contributed by atoms with Gasteiger partial charge in [-0.05, 0) is 49.9 Å². The number of fused-ring (bicyclic) bond motifs is 2. The number of piperazine rings is 1. The van der Waals surface area contributed by atoms with Crippen LogP contribution in [0, 0.1) is 17.8 Å².